The number of likely N-dealkylation sites (tertiary alicyclic amines) is 1. The van der Waals surface area contributed by atoms with Crippen LogP contribution in [-0.4, -0.2) is 67.1 Å². The van der Waals surface area contributed by atoms with Crippen molar-refractivity contribution in [2.75, 3.05) is 32.4 Å². The number of unbranched alkanes of at least 4 members (excludes halogenated alkanes) is 5. The summed E-state index contributed by atoms with van der Waals surface area (Å²) in [5, 5.41) is 9.47. The SMILES string of the molecule is CCCCCCCCS(=O)(=O)N(C)CC(C(=O)NO)C(CC1CCCC1)C(=O)N1CCCCC1. The second-order valence-electron chi connectivity index (χ2n) is 10.3. The topological polar surface area (TPSA) is 107 Å². The third-order valence-corrected chi connectivity index (χ3v) is 9.57. The van der Waals surface area contributed by atoms with Crippen LogP contribution in [0.25, 0.3) is 0 Å². The fourth-order valence-corrected chi connectivity index (χ4v) is 6.75. The normalized spacial score (nSPS) is 19.4. The second kappa shape index (κ2) is 15.0. The smallest absolute Gasteiger partial charge is 0.248 e. The molecule has 198 valence electrons. The molecule has 2 aliphatic rings. The van der Waals surface area contributed by atoms with Gasteiger partial charge in [-0.15, -0.1) is 0 Å². The first-order valence-corrected chi connectivity index (χ1v) is 15.1. The Hall–Kier alpha value is -1.19. The van der Waals surface area contributed by atoms with E-state index in [0.717, 1.165) is 77.0 Å². The molecule has 1 saturated heterocycles. The average Bonchev–Trinajstić information content (AvgIpc) is 3.36. The molecule has 0 radical (unpaired) electrons. The molecule has 2 amide bonds. The van der Waals surface area contributed by atoms with Gasteiger partial charge in [0.05, 0.1) is 17.6 Å². The maximum atomic E-state index is 13.6. The van der Waals surface area contributed by atoms with E-state index in [4.69, 9.17) is 0 Å². The lowest BCUT2D eigenvalue weighted by molar-refractivity contribution is -0.146. The highest BCUT2D eigenvalue weighted by molar-refractivity contribution is 7.89. The van der Waals surface area contributed by atoms with Crippen LogP contribution in [0.2, 0.25) is 0 Å². The van der Waals surface area contributed by atoms with Gasteiger partial charge in [0.1, 0.15) is 0 Å². The number of amides is 2. The summed E-state index contributed by atoms with van der Waals surface area (Å²) in [6.07, 6.45) is 13.8. The zero-order valence-corrected chi connectivity index (χ0v) is 22.2. The molecule has 1 heterocycles. The fourth-order valence-electron chi connectivity index (χ4n) is 5.48. The highest BCUT2D eigenvalue weighted by atomic mass is 32.2. The van der Waals surface area contributed by atoms with E-state index in [0.29, 0.717) is 31.8 Å². The Balaban J connectivity index is 2.11. The van der Waals surface area contributed by atoms with Gasteiger partial charge in [-0.25, -0.2) is 18.2 Å². The molecular weight excluding hydrogens is 454 g/mol. The molecule has 0 bridgehead atoms. The van der Waals surface area contributed by atoms with Gasteiger partial charge < -0.3 is 4.90 Å². The number of carbonyl (C=O) groups excluding carboxylic acids is 2. The van der Waals surface area contributed by atoms with Crippen molar-refractivity contribution in [3.8, 4) is 0 Å². The summed E-state index contributed by atoms with van der Waals surface area (Å²) < 4.78 is 27.1. The predicted octanol–water partition coefficient (Wildman–Crippen LogP) is 3.94. The van der Waals surface area contributed by atoms with Crippen molar-refractivity contribution in [1.82, 2.24) is 14.7 Å². The number of piperidine rings is 1. The van der Waals surface area contributed by atoms with E-state index < -0.39 is 27.8 Å². The monoisotopic (exact) mass is 501 g/mol. The molecule has 8 nitrogen and oxygen atoms in total. The molecule has 2 atom stereocenters. The minimum Gasteiger partial charge on any atom is -0.342 e. The molecule has 1 saturated carbocycles. The number of hydrogen-bond acceptors (Lipinski definition) is 5. The molecule has 0 aromatic heterocycles. The van der Waals surface area contributed by atoms with Crippen molar-refractivity contribution in [3.63, 3.8) is 0 Å². The van der Waals surface area contributed by atoms with Gasteiger partial charge in [0, 0.05) is 26.7 Å². The molecule has 9 heteroatoms. The van der Waals surface area contributed by atoms with Crippen molar-refractivity contribution in [2.24, 2.45) is 17.8 Å². The molecule has 2 unspecified atom stereocenters. The van der Waals surface area contributed by atoms with Gasteiger partial charge in [0.15, 0.2) is 0 Å². The maximum absolute atomic E-state index is 13.6. The van der Waals surface area contributed by atoms with Crippen LogP contribution >= 0.6 is 0 Å². The highest BCUT2D eigenvalue weighted by Crippen LogP contribution is 2.35. The van der Waals surface area contributed by atoms with Crippen molar-refractivity contribution < 1.29 is 23.2 Å². The number of hydroxylamine groups is 1. The Bertz CT molecular complexity index is 718. The third kappa shape index (κ3) is 9.11. The van der Waals surface area contributed by atoms with Crippen LogP contribution in [0, 0.1) is 17.8 Å². The van der Waals surface area contributed by atoms with Crippen LogP contribution in [0.3, 0.4) is 0 Å². The average molecular weight is 502 g/mol. The first-order chi connectivity index (χ1) is 16.3. The molecule has 0 spiro atoms. The lowest BCUT2D eigenvalue weighted by Crippen LogP contribution is -2.49. The van der Waals surface area contributed by atoms with Crippen LogP contribution in [0.5, 0.6) is 0 Å². The van der Waals surface area contributed by atoms with Crippen LogP contribution in [0.15, 0.2) is 0 Å². The molecule has 2 fully saturated rings. The van der Waals surface area contributed by atoms with Crippen LogP contribution in [0.1, 0.15) is 96.8 Å². The lowest BCUT2D eigenvalue weighted by atomic mass is 9.81. The van der Waals surface area contributed by atoms with E-state index in [2.05, 4.69) is 6.92 Å². The largest absolute Gasteiger partial charge is 0.342 e. The van der Waals surface area contributed by atoms with Gasteiger partial charge in [-0.05, 0) is 38.0 Å². The zero-order chi connectivity index (χ0) is 25.0. The number of sulfonamides is 1. The summed E-state index contributed by atoms with van der Waals surface area (Å²) in [7, 11) is -2.07. The zero-order valence-electron chi connectivity index (χ0n) is 21.3. The van der Waals surface area contributed by atoms with E-state index in [-0.39, 0.29) is 18.2 Å². The molecule has 34 heavy (non-hydrogen) atoms. The molecule has 0 aromatic rings. The summed E-state index contributed by atoms with van der Waals surface area (Å²) in [6.45, 7) is 3.41. The van der Waals surface area contributed by atoms with E-state index in [1.807, 2.05) is 4.90 Å². The Kier molecular flexibility index (Phi) is 12.8. The van der Waals surface area contributed by atoms with Crippen LogP contribution < -0.4 is 5.48 Å². The predicted molar refractivity (Wildman–Crippen MR) is 134 cm³/mol. The molecule has 1 aliphatic carbocycles. The quantitative estimate of drug-likeness (QED) is 0.201. The molecule has 1 aliphatic heterocycles. The fraction of sp³-hybridized carbons (Fsp3) is 0.920. The summed E-state index contributed by atoms with van der Waals surface area (Å²) in [5.74, 6) is -1.88. The van der Waals surface area contributed by atoms with E-state index in [1.165, 1.54) is 11.4 Å². The minimum atomic E-state index is -3.55. The summed E-state index contributed by atoms with van der Waals surface area (Å²) >= 11 is 0. The Labute approximate surface area is 206 Å². The second-order valence-corrected chi connectivity index (χ2v) is 12.5. The van der Waals surface area contributed by atoms with Crippen molar-refractivity contribution >= 4 is 21.8 Å². The van der Waals surface area contributed by atoms with Crippen LogP contribution in [0.4, 0.5) is 0 Å². The van der Waals surface area contributed by atoms with Crippen molar-refractivity contribution in [1.29, 1.82) is 0 Å². The van der Waals surface area contributed by atoms with Gasteiger partial charge in [0.25, 0.3) is 0 Å². The summed E-state index contributed by atoms with van der Waals surface area (Å²) in [6, 6.07) is 0. The van der Waals surface area contributed by atoms with Crippen molar-refractivity contribution in [2.45, 2.75) is 96.8 Å². The number of nitrogens with zero attached hydrogens (tertiary/aromatic N) is 2. The molecule has 2 N–H and O–H groups in total. The first kappa shape index (κ1) is 29.0. The number of hydrogen-bond donors (Lipinski definition) is 2. The highest BCUT2D eigenvalue weighted by Gasteiger charge is 2.40. The van der Waals surface area contributed by atoms with E-state index in [9.17, 15) is 23.2 Å². The molecule has 0 aromatic carbocycles. The number of rotatable bonds is 15. The minimum absolute atomic E-state index is 0.0381. The third-order valence-electron chi connectivity index (χ3n) is 7.66. The number of carbonyl (C=O) groups is 2. The Morgan fingerprint density at radius 3 is 2.21 bits per heavy atom. The van der Waals surface area contributed by atoms with E-state index in [1.54, 1.807) is 5.48 Å². The maximum Gasteiger partial charge on any atom is 0.248 e. The first-order valence-electron chi connectivity index (χ1n) is 13.5. The van der Waals surface area contributed by atoms with Crippen molar-refractivity contribution in [3.05, 3.63) is 0 Å². The van der Waals surface area contributed by atoms with E-state index >= 15 is 0 Å². The van der Waals surface area contributed by atoms with Gasteiger partial charge >= 0.3 is 0 Å². The van der Waals surface area contributed by atoms with Gasteiger partial charge in [-0.2, -0.15) is 0 Å². The van der Waals surface area contributed by atoms with Gasteiger partial charge in [0.2, 0.25) is 21.8 Å². The van der Waals surface area contributed by atoms with Gasteiger partial charge in [-0.3, -0.25) is 14.8 Å². The lowest BCUT2D eigenvalue weighted by Gasteiger charge is -2.35. The summed E-state index contributed by atoms with van der Waals surface area (Å²) in [4.78, 5) is 28.2. The van der Waals surface area contributed by atoms with Gasteiger partial charge in [-0.1, -0.05) is 64.7 Å². The molecule has 2 rings (SSSR count). The number of nitrogens with one attached hydrogen (secondary N) is 1. The molecular formula is C25H47N3O5S. The standard InChI is InChI=1S/C25H47N3O5S/c1-3-4-5-6-7-13-18-34(32,33)27(2)20-23(24(29)26-31)22(19-21-14-9-10-15-21)25(30)28-16-11-8-12-17-28/h21-23,31H,3-20H2,1-2H3,(H,26,29). The Morgan fingerprint density at radius 1 is 0.971 bits per heavy atom. The van der Waals surface area contributed by atoms with Crippen LogP contribution in [-0.2, 0) is 19.6 Å². The Morgan fingerprint density at radius 2 is 1.59 bits per heavy atom. The summed E-state index contributed by atoms with van der Waals surface area (Å²) in [5.41, 5.74) is 1.73.